The van der Waals surface area contributed by atoms with Crippen molar-refractivity contribution in [3.05, 3.63) is 27.6 Å². The van der Waals surface area contributed by atoms with E-state index in [4.69, 9.17) is 4.74 Å². The summed E-state index contributed by atoms with van der Waals surface area (Å²) in [7, 11) is 0. The fourth-order valence-corrected chi connectivity index (χ4v) is 1.56. The molecule has 2 rings (SSSR count). The molecule has 0 N–H and O–H groups in total. The lowest BCUT2D eigenvalue weighted by Gasteiger charge is -2.06. The molecule has 70 valence electrons. The first-order chi connectivity index (χ1) is 6.27. The molecule has 0 unspecified atom stereocenters. The van der Waals surface area contributed by atoms with Crippen molar-refractivity contribution in [1.29, 1.82) is 0 Å². The number of ether oxygens (including phenoxy) is 1. The molecule has 1 aliphatic carbocycles. The minimum atomic E-state index is -0.233. The third kappa shape index (κ3) is 2.33. The van der Waals surface area contributed by atoms with Crippen molar-refractivity contribution in [2.75, 3.05) is 6.61 Å². The van der Waals surface area contributed by atoms with Crippen LogP contribution in [-0.4, -0.2) is 6.61 Å². The average molecular weight is 292 g/mol. The zero-order chi connectivity index (χ0) is 9.26. The molecule has 1 aromatic rings. The molecule has 0 spiro atoms. The first kappa shape index (κ1) is 9.24. The maximum absolute atomic E-state index is 13.3. The van der Waals surface area contributed by atoms with Crippen molar-refractivity contribution in [2.24, 2.45) is 5.92 Å². The van der Waals surface area contributed by atoms with Crippen LogP contribution in [0.2, 0.25) is 0 Å². The Morgan fingerprint density at radius 3 is 2.92 bits per heavy atom. The van der Waals surface area contributed by atoms with Gasteiger partial charge < -0.3 is 4.74 Å². The maximum Gasteiger partial charge on any atom is 0.178 e. The molecule has 1 aliphatic rings. The van der Waals surface area contributed by atoms with E-state index in [1.807, 2.05) is 28.7 Å². The average Bonchev–Trinajstić information content (AvgIpc) is 2.91. The summed E-state index contributed by atoms with van der Waals surface area (Å²) in [6, 6.07) is 5.23. The molecule has 0 atom stereocenters. The Balaban J connectivity index is 2.05. The standard InChI is InChI=1S/C10H10FIO/c11-10-8(12)2-1-3-9(10)13-6-7-4-5-7/h1-3,7H,4-6H2. The monoisotopic (exact) mass is 292 g/mol. The third-order valence-electron chi connectivity index (χ3n) is 2.09. The summed E-state index contributed by atoms with van der Waals surface area (Å²) < 4.78 is 19.3. The molecule has 1 aromatic carbocycles. The van der Waals surface area contributed by atoms with Gasteiger partial charge in [-0.05, 0) is 53.5 Å². The molecular formula is C10H10FIO. The van der Waals surface area contributed by atoms with Gasteiger partial charge in [-0.25, -0.2) is 4.39 Å². The molecule has 13 heavy (non-hydrogen) atoms. The second-order valence-electron chi connectivity index (χ2n) is 3.31. The normalized spacial score (nSPS) is 15.8. The van der Waals surface area contributed by atoms with E-state index in [1.165, 1.54) is 12.8 Å². The second kappa shape index (κ2) is 3.82. The van der Waals surface area contributed by atoms with E-state index in [2.05, 4.69) is 0 Å². The van der Waals surface area contributed by atoms with Gasteiger partial charge in [-0.3, -0.25) is 0 Å². The van der Waals surface area contributed by atoms with E-state index in [-0.39, 0.29) is 5.82 Å². The largest absolute Gasteiger partial charge is 0.490 e. The van der Waals surface area contributed by atoms with Crippen LogP contribution in [0.15, 0.2) is 18.2 Å². The van der Waals surface area contributed by atoms with Gasteiger partial charge >= 0.3 is 0 Å². The second-order valence-corrected chi connectivity index (χ2v) is 4.47. The lowest BCUT2D eigenvalue weighted by atomic mass is 10.3. The molecule has 1 saturated carbocycles. The Bertz CT molecular complexity index is 310. The predicted molar refractivity (Wildman–Crippen MR) is 57.3 cm³/mol. The number of halogens is 2. The summed E-state index contributed by atoms with van der Waals surface area (Å²) in [6.07, 6.45) is 2.46. The summed E-state index contributed by atoms with van der Waals surface area (Å²) in [4.78, 5) is 0. The first-order valence-corrected chi connectivity index (χ1v) is 5.42. The van der Waals surface area contributed by atoms with Crippen LogP contribution in [0.4, 0.5) is 4.39 Å². The van der Waals surface area contributed by atoms with Crippen molar-refractivity contribution in [3.8, 4) is 5.75 Å². The van der Waals surface area contributed by atoms with Crippen molar-refractivity contribution < 1.29 is 9.13 Å². The van der Waals surface area contributed by atoms with Gasteiger partial charge in [-0.2, -0.15) is 0 Å². The predicted octanol–water partition coefficient (Wildman–Crippen LogP) is 3.22. The zero-order valence-electron chi connectivity index (χ0n) is 7.09. The van der Waals surface area contributed by atoms with E-state index in [0.717, 1.165) is 0 Å². The summed E-state index contributed by atoms with van der Waals surface area (Å²) in [5.74, 6) is 0.819. The van der Waals surface area contributed by atoms with Crippen LogP contribution in [0.5, 0.6) is 5.75 Å². The van der Waals surface area contributed by atoms with Crippen molar-refractivity contribution in [1.82, 2.24) is 0 Å². The highest BCUT2D eigenvalue weighted by molar-refractivity contribution is 14.1. The van der Waals surface area contributed by atoms with Gasteiger partial charge in [0.05, 0.1) is 10.2 Å². The molecule has 0 bridgehead atoms. The van der Waals surface area contributed by atoms with Crippen LogP contribution in [-0.2, 0) is 0 Å². The van der Waals surface area contributed by atoms with E-state index in [9.17, 15) is 4.39 Å². The van der Waals surface area contributed by atoms with Crippen molar-refractivity contribution >= 4 is 22.6 Å². The highest BCUT2D eigenvalue weighted by atomic mass is 127. The van der Waals surface area contributed by atoms with E-state index >= 15 is 0 Å². The smallest absolute Gasteiger partial charge is 0.178 e. The van der Waals surface area contributed by atoms with Gasteiger partial charge in [0.2, 0.25) is 0 Å². The molecule has 0 amide bonds. The lowest BCUT2D eigenvalue weighted by Crippen LogP contribution is -2.01. The van der Waals surface area contributed by atoms with Gasteiger partial charge in [0.25, 0.3) is 0 Å². The summed E-state index contributed by atoms with van der Waals surface area (Å²) in [5, 5.41) is 0. The quantitative estimate of drug-likeness (QED) is 0.777. The van der Waals surface area contributed by atoms with Gasteiger partial charge in [0.15, 0.2) is 11.6 Å². The molecular weight excluding hydrogens is 282 g/mol. The fourth-order valence-electron chi connectivity index (χ4n) is 1.09. The Morgan fingerprint density at radius 2 is 2.23 bits per heavy atom. The van der Waals surface area contributed by atoms with E-state index in [0.29, 0.717) is 21.8 Å². The summed E-state index contributed by atoms with van der Waals surface area (Å²) >= 11 is 1.97. The van der Waals surface area contributed by atoms with Gasteiger partial charge in [0, 0.05) is 0 Å². The third-order valence-corrected chi connectivity index (χ3v) is 2.92. The number of hydrogen-bond donors (Lipinski definition) is 0. The molecule has 1 fully saturated rings. The van der Waals surface area contributed by atoms with Crippen LogP contribution >= 0.6 is 22.6 Å². The SMILES string of the molecule is Fc1c(I)cccc1OCC1CC1. The number of hydrogen-bond acceptors (Lipinski definition) is 1. The summed E-state index contributed by atoms with van der Waals surface area (Å²) in [6.45, 7) is 0.664. The Hall–Kier alpha value is -0.320. The maximum atomic E-state index is 13.3. The summed E-state index contributed by atoms with van der Waals surface area (Å²) in [5.41, 5.74) is 0. The Labute approximate surface area is 90.4 Å². The fraction of sp³-hybridized carbons (Fsp3) is 0.400. The molecule has 0 aromatic heterocycles. The molecule has 0 aliphatic heterocycles. The molecule has 0 heterocycles. The molecule has 0 radical (unpaired) electrons. The topological polar surface area (TPSA) is 9.23 Å². The highest BCUT2D eigenvalue weighted by Crippen LogP contribution is 2.30. The van der Waals surface area contributed by atoms with E-state index in [1.54, 1.807) is 12.1 Å². The van der Waals surface area contributed by atoms with Crippen LogP contribution < -0.4 is 4.74 Å². The van der Waals surface area contributed by atoms with Crippen LogP contribution in [0, 0.1) is 15.3 Å². The van der Waals surface area contributed by atoms with Crippen molar-refractivity contribution in [2.45, 2.75) is 12.8 Å². The minimum absolute atomic E-state index is 0.233. The van der Waals surface area contributed by atoms with Gasteiger partial charge in [-0.15, -0.1) is 0 Å². The van der Waals surface area contributed by atoms with Gasteiger partial charge in [-0.1, -0.05) is 6.07 Å². The van der Waals surface area contributed by atoms with Crippen LogP contribution in [0.1, 0.15) is 12.8 Å². The zero-order valence-corrected chi connectivity index (χ0v) is 9.25. The first-order valence-electron chi connectivity index (χ1n) is 4.34. The van der Waals surface area contributed by atoms with E-state index < -0.39 is 0 Å². The Morgan fingerprint density at radius 1 is 1.46 bits per heavy atom. The number of rotatable bonds is 3. The molecule has 3 heteroatoms. The molecule has 1 nitrogen and oxygen atoms in total. The molecule has 0 saturated heterocycles. The van der Waals surface area contributed by atoms with Crippen LogP contribution in [0.25, 0.3) is 0 Å². The van der Waals surface area contributed by atoms with Crippen molar-refractivity contribution in [3.63, 3.8) is 0 Å². The lowest BCUT2D eigenvalue weighted by molar-refractivity contribution is 0.284. The van der Waals surface area contributed by atoms with Crippen LogP contribution in [0.3, 0.4) is 0 Å². The van der Waals surface area contributed by atoms with Gasteiger partial charge in [0.1, 0.15) is 0 Å². The number of benzene rings is 1. The highest BCUT2D eigenvalue weighted by Gasteiger charge is 2.22. The minimum Gasteiger partial charge on any atom is -0.490 e. The Kier molecular flexibility index (Phi) is 2.71.